The molecule has 0 aliphatic heterocycles. The third-order valence-corrected chi connectivity index (χ3v) is 2.22. The van der Waals surface area contributed by atoms with Crippen molar-refractivity contribution in [2.45, 2.75) is 0 Å². The molecule has 13 heavy (non-hydrogen) atoms. The highest BCUT2D eigenvalue weighted by Crippen LogP contribution is 2.20. The summed E-state index contributed by atoms with van der Waals surface area (Å²) in [5, 5.41) is 7.89. The molecule has 0 bridgehead atoms. The predicted molar refractivity (Wildman–Crippen MR) is 54.1 cm³/mol. The average Bonchev–Trinajstić information content (AvgIpc) is 2.52. The zero-order valence-corrected chi connectivity index (χ0v) is 8.69. The van der Waals surface area contributed by atoms with Crippen molar-refractivity contribution in [1.82, 2.24) is 15.0 Å². The summed E-state index contributed by atoms with van der Waals surface area (Å²) < 4.78 is 2.74. The first-order valence-corrected chi connectivity index (χ1v) is 4.67. The topological polar surface area (TPSA) is 30.7 Å². The van der Waals surface area contributed by atoms with Gasteiger partial charge in [0.05, 0.1) is 6.20 Å². The van der Waals surface area contributed by atoms with E-state index in [0.29, 0.717) is 0 Å². The van der Waals surface area contributed by atoms with Crippen LogP contribution in [-0.2, 0) is 7.05 Å². The lowest BCUT2D eigenvalue weighted by Gasteiger charge is -1.94. The number of rotatable bonds is 1. The zero-order valence-electron chi connectivity index (χ0n) is 7.11. The van der Waals surface area contributed by atoms with Gasteiger partial charge in [-0.25, -0.2) is 0 Å². The molecule has 0 radical (unpaired) electrons. The van der Waals surface area contributed by atoms with Crippen molar-refractivity contribution in [3.05, 3.63) is 34.9 Å². The van der Waals surface area contributed by atoms with Crippen LogP contribution in [0.4, 0.5) is 0 Å². The first-order chi connectivity index (χ1) is 6.25. The molecular formula is C9H8BrN3. The van der Waals surface area contributed by atoms with E-state index in [9.17, 15) is 0 Å². The standard InChI is InChI=1S/C9H8BrN3/c1-13-6-9(11-12-13)7-3-2-4-8(10)5-7/h2-6H,1H3. The fraction of sp³-hybridized carbons (Fsp3) is 0.111. The number of nitrogens with zero attached hydrogens (tertiary/aromatic N) is 3. The average molecular weight is 238 g/mol. The van der Waals surface area contributed by atoms with E-state index in [4.69, 9.17) is 0 Å². The molecule has 0 spiro atoms. The molecule has 0 amide bonds. The van der Waals surface area contributed by atoms with Gasteiger partial charge in [-0.3, -0.25) is 4.68 Å². The van der Waals surface area contributed by atoms with E-state index in [0.717, 1.165) is 15.7 Å². The van der Waals surface area contributed by atoms with Gasteiger partial charge in [-0.05, 0) is 12.1 Å². The van der Waals surface area contributed by atoms with Gasteiger partial charge in [-0.15, -0.1) is 5.10 Å². The Balaban J connectivity index is 2.46. The Morgan fingerprint density at radius 2 is 2.23 bits per heavy atom. The van der Waals surface area contributed by atoms with Crippen molar-refractivity contribution in [2.75, 3.05) is 0 Å². The molecule has 66 valence electrons. The van der Waals surface area contributed by atoms with E-state index in [1.807, 2.05) is 37.5 Å². The summed E-state index contributed by atoms with van der Waals surface area (Å²) in [5.41, 5.74) is 1.96. The highest BCUT2D eigenvalue weighted by molar-refractivity contribution is 9.10. The van der Waals surface area contributed by atoms with Gasteiger partial charge in [-0.2, -0.15) is 0 Å². The largest absolute Gasteiger partial charge is 0.255 e. The molecule has 3 nitrogen and oxygen atoms in total. The third kappa shape index (κ3) is 1.78. The molecule has 0 saturated carbocycles. The van der Waals surface area contributed by atoms with Crippen LogP contribution in [0.5, 0.6) is 0 Å². The summed E-state index contributed by atoms with van der Waals surface area (Å²) in [4.78, 5) is 0. The summed E-state index contributed by atoms with van der Waals surface area (Å²) in [5.74, 6) is 0. The first kappa shape index (κ1) is 8.44. The van der Waals surface area contributed by atoms with Crippen molar-refractivity contribution < 1.29 is 0 Å². The molecule has 1 heterocycles. The van der Waals surface area contributed by atoms with Crippen LogP contribution in [0.1, 0.15) is 0 Å². The normalized spacial score (nSPS) is 10.3. The van der Waals surface area contributed by atoms with Crippen molar-refractivity contribution in [3.8, 4) is 11.3 Å². The second kappa shape index (κ2) is 3.30. The molecule has 0 saturated heterocycles. The SMILES string of the molecule is Cn1cc(-c2cccc(Br)c2)nn1. The number of halogens is 1. The maximum atomic E-state index is 4.02. The Kier molecular flexibility index (Phi) is 2.14. The molecule has 2 rings (SSSR count). The summed E-state index contributed by atoms with van der Waals surface area (Å²) in [7, 11) is 1.86. The van der Waals surface area contributed by atoms with Crippen LogP contribution >= 0.6 is 15.9 Å². The van der Waals surface area contributed by atoms with Gasteiger partial charge in [0, 0.05) is 17.1 Å². The van der Waals surface area contributed by atoms with E-state index in [2.05, 4.69) is 26.2 Å². The molecule has 0 unspecified atom stereocenters. The van der Waals surface area contributed by atoms with Crippen LogP contribution in [0.25, 0.3) is 11.3 Å². The molecule has 1 aromatic carbocycles. The van der Waals surface area contributed by atoms with Crippen LogP contribution in [0, 0.1) is 0 Å². The summed E-state index contributed by atoms with van der Waals surface area (Å²) >= 11 is 3.41. The van der Waals surface area contributed by atoms with E-state index in [1.165, 1.54) is 0 Å². The quantitative estimate of drug-likeness (QED) is 0.762. The number of hydrogen-bond acceptors (Lipinski definition) is 2. The predicted octanol–water partition coefficient (Wildman–Crippen LogP) is 2.24. The number of aryl methyl sites for hydroxylation is 1. The van der Waals surface area contributed by atoms with Crippen LogP contribution in [0.15, 0.2) is 34.9 Å². The summed E-state index contributed by atoms with van der Waals surface area (Å²) in [6.07, 6.45) is 1.89. The fourth-order valence-electron chi connectivity index (χ4n) is 1.13. The second-order valence-electron chi connectivity index (χ2n) is 2.79. The van der Waals surface area contributed by atoms with Crippen LogP contribution < -0.4 is 0 Å². The lowest BCUT2D eigenvalue weighted by atomic mass is 10.2. The minimum atomic E-state index is 0.892. The van der Waals surface area contributed by atoms with E-state index in [1.54, 1.807) is 4.68 Å². The monoisotopic (exact) mass is 237 g/mol. The van der Waals surface area contributed by atoms with E-state index < -0.39 is 0 Å². The smallest absolute Gasteiger partial charge is 0.113 e. The maximum Gasteiger partial charge on any atom is 0.113 e. The van der Waals surface area contributed by atoms with Gasteiger partial charge in [0.25, 0.3) is 0 Å². The van der Waals surface area contributed by atoms with Crippen molar-refractivity contribution in [2.24, 2.45) is 7.05 Å². The van der Waals surface area contributed by atoms with Gasteiger partial charge in [0.2, 0.25) is 0 Å². The van der Waals surface area contributed by atoms with Gasteiger partial charge in [-0.1, -0.05) is 33.3 Å². The lowest BCUT2D eigenvalue weighted by molar-refractivity contribution is 0.715. The van der Waals surface area contributed by atoms with E-state index >= 15 is 0 Å². The highest BCUT2D eigenvalue weighted by atomic mass is 79.9. The van der Waals surface area contributed by atoms with Crippen LogP contribution in [0.3, 0.4) is 0 Å². The molecule has 4 heteroatoms. The van der Waals surface area contributed by atoms with Crippen molar-refractivity contribution in [1.29, 1.82) is 0 Å². The summed E-state index contributed by atoms with van der Waals surface area (Å²) in [6, 6.07) is 7.99. The van der Waals surface area contributed by atoms with Gasteiger partial charge in [0.1, 0.15) is 5.69 Å². The molecule has 0 N–H and O–H groups in total. The zero-order chi connectivity index (χ0) is 9.26. The molecule has 0 fully saturated rings. The van der Waals surface area contributed by atoms with Crippen LogP contribution in [0.2, 0.25) is 0 Å². The minimum absolute atomic E-state index is 0.892. The second-order valence-corrected chi connectivity index (χ2v) is 3.70. The molecule has 0 aliphatic rings. The first-order valence-electron chi connectivity index (χ1n) is 3.88. The third-order valence-electron chi connectivity index (χ3n) is 1.72. The maximum absolute atomic E-state index is 4.02. The molecule has 1 aromatic heterocycles. The fourth-order valence-corrected chi connectivity index (χ4v) is 1.53. The number of benzene rings is 1. The number of aromatic nitrogens is 3. The molecule has 0 aliphatic carbocycles. The Morgan fingerprint density at radius 1 is 1.38 bits per heavy atom. The lowest BCUT2D eigenvalue weighted by Crippen LogP contribution is -1.85. The van der Waals surface area contributed by atoms with Crippen LogP contribution in [-0.4, -0.2) is 15.0 Å². The van der Waals surface area contributed by atoms with E-state index in [-0.39, 0.29) is 0 Å². The Bertz CT molecular complexity index is 422. The number of hydrogen-bond donors (Lipinski definition) is 0. The van der Waals surface area contributed by atoms with Crippen molar-refractivity contribution in [3.63, 3.8) is 0 Å². The Hall–Kier alpha value is -1.16. The molecule has 2 aromatic rings. The Labute approximate surface area is 84.5 Å². The molecule has 0 atom stereocenters. The minimum Gasteiger partial charge on any atom is -0.255 e. The summed E-state index contributed by atoms with van der Waals surface area (Å²) in [6.45, 7) is 0. The Morgan fingerprint density at radius 3 is 2.85 bits per heavy atom. The highest BCUT2D eigenvalue weighted by Gasteiger charge is 2.01. The molecular weight excluding hydrogens is 230 g/mol. The van der Waals surface area contributed by atoms with Crippen molar-refractivity contribution >= 4 is 15.9 Å². The van der Waals surface area contributed by atoms with Gasteiger partial charge in [0.15, 0.2) is 0 Å². The van der Waals surface area contributed by atoms with Gasteiger partial charge >= 0.3 is 0 Å². The van der Waals surface area contributed by atoms with Gasteiger partial charge < -0.3 is 0 Å².